The third kappa shape index (κ3) is 7.58. The first kappa shape index (κ1) is 34.3. The number of hydrogen-bond donors (Lipinski definition) is 1. The number of rotatable bonds is 11. The van der Waals surface area contributed by atoms with Gasteiger partial charge in [-0.15, -0.1) is 0 Å². The van der Waals surface area contributed by atoms with Gasteiger partial charge in [-0.25, -0.2) is 8.42 Å². The fourth-order valence-electron chi connectivity index (χ4n) is 6.45. The summed E-state index contributed by atoms with van der Waals surface area (Å²) < 4.78 is 33.2. The molecular formula is C38H44N2O5SSi. The van der Waals surface area contributed by atoms with E-state index in [1.54, 1.807) is 30.3 Å². The normalized spacial score (nSPS) is 14.7. The van der Waals surface area contributed by atoms with Crippen LogP contribution in [-0.4, -0.2) is 59.2 Å². The van der Waals surface area contributed by atoms with Crippen LogP contribution in [0.2, 0.25) is 5.04 Å². The predicted octanol–water partition coefficient (Wildman–Crippen LogP) is 5.60. The van der Waals surface area contributed by atoms with Gasteiger partial charge in [0.15, 0.2) is 0 Å². The molecule has 0 aliphatic carbocycles. The van der Waals surface area contributed by atoms with Crippen molar-refractivity contribution in [3.63, 3.8) is 0 Å². The Morgan fingerprint density at radius 3 is 1.74 bits per heavy atom. The van der Waals surface area contributed by atoms with Crippen molar-refractivity contribution < 1.29 is 22.4 Å². The molecule has 0 radical (unpaired) electrons. The molecule has 1 saturated heterocycles. The maximum atomic E-state index is 13.9. The van der Waals surface area contributed by atoms with Crippen molar-refractivity contribution in [1.29, 1.82) is 0 Å². The molecule has 1 heterocycles. The van der Waals surface area contributed by atoms with Gasteiger partial charge in [-0.3, -0.25) is 9.59 Å². The first-order valence-electron chi connectivity index (χ1n) is 16.3. The lowest BCUT2D eigenvalue weighted by molar-refractivity contribution is -0.134. The molecule has 4 aromatic rings. The molecule has 0 bridgehead atoms. The van der Waals surface area contributed by atoms with E-state index in [1.807, 2.05) is 41.3 Å². The Hall–Kier alpha value is -4.05. The van der Waals surface area contributed by atoms with Gasteiger partial charge in [-0.2, -0.15) is 0 Å². The molecule has 7 nitrogen and oxygen atoms in total. The quantitative estimate of drug-likeness (QED) is 0.210. The lowest BCUT2D eigenvalue weighted by atomic mass is 10.1. The summed E-state index contributed by atoms with van der Waals surface area (Å²) in [5, 5.41) is 5.04. The third-order valence-corrected chi connectivity index (χ3v) is 15.7. The van der Waals surface area contributed by atoms with Crippen molar-refractivity contribution >= 4 is 40.3 Å². The number of piperidine rings is 1. The van der Waals surface area contributed by atoms with Crippen molar-refractivity contribution in [2.75, 3.05) is 19.7 Å². The third-order valence-electron chi connectivity index (χ3n) is 8.89. The molecule has 1 aliphatic heterocycles. The lowest BCUT2D eigenvalue weighted by Crippen LogP contribution is -2.66. The van der Waals surface area contributed by atoms with E-state index in [4.69, 9.17) is 4.43 Å². The number of amides is 2. The van der Waals surface area contributed by atoms with Gasteiger partial charge in [0.05, 0.1) is 9.79 Å². The van der Waals surface area contributed by atoms with Crippen LogP contribution in [0.5, 0.6) is 0 Å². The molecule has 0 unspecified atom stereocenters. The van der Waals surface area contributed by atoms with E-state index in [1.165, 1.54) is 24.3 Å². The number of likely N-dealkylation sites (tertiary alicyclic amines) is 1. The zero-order valence-electron chi connectivity index (χ0n) is 27.4. The molecule has 0 aromatic heterocycles. The first-order chi connectivity index (χ1) is 22.5. The first-order valence-corrected chi connectivity index (χ1v) is 19.7. The second-order valence-corrected chi connectivity index (χ2v) is 19.3. The largest absolute Gasteiger partial charge is 0.407 e. The second-order valence-electron chi connectivity index (χ2n) is 13.1. The topological polar surface area (TPSA) is 92.8 Å². The number of benzene rings is 4. The van der Waals surface area contributed by atoms with Crippen LogP contribution in [-0.2, 0) is 19.1 Å². The van der Waals surface area contributed by atoms with Gasteiger partial charge in [-0.1, -0.05) is 99.6 Å². The van der Waals surface area contributed by atoms with E-state index in [0.717, 1.165) is 29.6 Å². The number of sulfone groups is 1. The van der Waals surface area contributed by atoms with Crippen LogP contribution in [0.4, 0.5) is 0 Å². The number of nitrogens with one attached hydrogen (secondary N) is 1. The zero-order valence-corrected chi connectivity index (χ0v) is 29.2. The average molecular weight is 669 g/mol. The van der Waals surface area contributed by atoms with Crippen molar-refractivity contribution in [1.82, 2.24) is 10.2 Å². The van der Waals surface area contributed by atoms with E-state index >= 15 is 0 Å². The molecule has 4 aromatic carbocycles. The van der Waals surface area contributed by atoms with Crippen molar-refractivity contribution in [3.05, 3.63) is 121 Å². The van der Waals surface area contributed by atoms with Gasteiger partial charge >= 0.3 is 0 Å². The standard InChI is InChI=1S/C38H44N2O5SSi/c1-38(2,3)47(33-18-10-5-11-19-33,34-20-12-6-13-21-34)45-29-26-35(37(42)40-27-14-7-15-28-40)39-36(41)30-22-24-32(25-23-30)46(43,44)31-16-8-4-9-17-31/h4-6,8-13,16-25,35H,7,14-15,26-29H2,1-3H3,(H,39,41)/t35-/m0/s1. The molecule has 2 amide bonds. The lowest BCUT2D eigenvalue weighted by Gasteiger charge is -2.43. The Morgan fingerprint density at radius 2 is 1.23 bits per heavy atom. The minimum Gasteiger partial charge on any atom is -0.407 e. The molecule has 246 valence electrons. The van der Waals surface area contributed by atoms with Crippen molar-refractivity contribution in [2.45, 2.75) is 67.3 Å². The summed E-state index contributed by atoms with van der Waals surface area (Å²) >= 11 is 0. The van der Waals surface area contributed by atoms with E-state index in [-0.39, 0.29) is 32.9 Å². The van der Waals surface area contributed by atoms with Gasteiger partial charge in [0, 0.05) is 25.3 Å². The Labute approximate surface area is 280 Å². The SMILES string of the molecule is CC(C)(C)[Si](OCC[C@H](NC(=O)c1ccc(S(=O)(=O)c2ccccc2)cc1)C(=O)N1CCCCC1)(c1ccccc1)c1ccccc1. The summed E-state index contributed by atoms with van der Waals surface area (Å²) in [6.45, 7) is 8.21. The van der Waals surface area contributed by atoms with Gasteiger partial charge < -0.3 is 14.6 Å². The van der Waals surface area contributed by atoms with Gasteiger partial charge in [0.2, 0.25) is 15.7 Å². The Bertz CT molecular complexity index is 1700. The Balaban J connectivity index is 1.39. The van der Waals surface area contributed by atoms with Crippen LogP contribution in [0.1, 0.15) is 56.8 Å². The summed E-state index contributed by atoms with van der Waals surface area (Å²) in [5.41, 5.74) is 0.279. The summed E-state index contributed by atoms with van der Waals surface area (Å²) in [7, 11) is -6.56. The van der Waals surface area contributed by atoms with E-state index < -0.39 is 30.1 Å². The fourth-order valence-corrected chi connectivity index (χ4v) is 12.3. The second kappa shape index (κ2) is 14.8. The molecule has 1 aliphatic rings. The van der Waals surface area contributed by atoms with Crippen LogP contribution in [0.25, 0.3) is 0 Å². The summed E-state index contributed by atoms with van der Waals surface area (Å²) in [5.74, 6) is -0.554. The van der Waals surface area contributed by atoms with Crippen LogP contribution < -0.4 is 15.7 Å². The van der Waals surface area contributed by atoms with Crippen molar-refractivity contribution in [3.8, 4) is 0 Å². The molecule has 47 heavy (non-hydrogen) atoms. The highest BCUT2D eigenvalue weighted by atomic mass is 32.2. The van der Waals surface area contributed by atoms with Gasteiger partial charge in [-0.05, 0) is 77.5 Å². The number of carbonyl (C=O) groups excluding carboxylic acids is 2. The van der Waals surface area contributed by atoms with Crippen LogP contribution in [0.3, 0.4) is 0 Å². The highest BCUT2D eigenvalue weighted by Crippen LogP contribution is 2.37. The van der Waals surface area contributed by atoms with Gasteiger partial charge in [0.25, 0.3) is 14.2 Å². The monoisotopic (exact) mass is 668 g/mol. The van der Waals surface area contributed by atoms with Gasteiger partial charge in [0.1, 0.15) is 6.04 Å². The maximum Gasteiger partial charge on any atom is 0.261 e. The summed E-state index contributed by atoms with van der Waals surface area (Å²) in [6, 6.07) is 33.9. The highest BCUT2D eigenvalue weighted by molar-refractivity contribution is 7.91. The summed E-state index contributed by atoms with van der Waals surface area (Å²) in [4.78, 5) is 29.6. The van der Waals surface area contributed by atoms with E-state index in [0.29, 0.717) is 19.5 Å². The minimum absolute atomic E-state index is 0.0971. The number of carbonyl (C=O) groups is 2. The smallest absolute Gasteiger partial charge is 0.261 e. The predicted molar refractivity (Wildman–Crippen MR) is 188 cm³/mol. The molecule has 1 fully saturated rings. The molecular weight excluding hydrogens is 625 g/mol. The molecule has 0 spiro atoms. The van der Waals surface area contributed by atoms with E-state index in [9.17, 15) is 18.0 Å². The number of nitrogens with zero attached hydrogens (tertiary/aromatic N) is 1. The Morgan fingerprint density at radius 1 is 0.745 bits per heavy atom. The zero-order chi connectivity index (χ0) is 33.5. The highest BCUT2D eigenvalue weighted by Gasteiger charge is 2.50. The molecule has 5 rings (SSSR count). The van der Waals surface area contributed by atoms with Crippen LogP contribution >= 0.6 is 0 Å². The maximum absolute atomic E-state index is 13.9. The van der Waals surface area contributed by atoms with Crippen molar-refractivity contribution in [2.24, 2.45) is 0 Å². The van der Waals surface area contributed by atoms with Crippen LogP contribution in [0.15, 0.2) is 125 Å². The minimum atomic E-state index is -3.72. The molecule has 1 N–H and O–H groups in total. The molecule has 9 heteroatoms. The molecule has 0 saturated carbocycles. The average Bonchev–Trinajstić information content (AvgIpc) is 3.10. The van der Waals surface area contributed by atoms with Crippen LogP contribution in [0, 0.1) is 0 Å². The Kier molecular flexibility index (Phi) is 10.8. The summed E-state index contributed by atoms with van der Waals surface area (Å²) in [6.07, 6.45) is 3.24. The number of hydrogen-bond acceptors (Lipinski definition) is 5. The van der Waals surface area contributed by atoms with E-state index in [2.05, 4.69) is 50.4 Å². The fraction of sp³-hybridized carbons (Fsp3) is 0.316. The molecule has 1 atom stereocenters.